The minimum absolute atomic E-state index is 0.0134. The van der Waals surface area contributed by atoms with Crippen molar-refractivity contribution in [3.05, 3.63) is 10.1 Å². The first-order valence-electron chi connectivity index (χ1n) is 4.92. The smallest absolute Gasteiger partial charge is 0.298 e. The van der Waals surface area contributed by atoms with Crippen molar-refractivity contribution in [3.8, 4) is 0 Å². The fraction of sp³-hybridized carbons (Fsp3) is 0.667. The van der Waals surface area contributed by atoms with Gasteiger partial charge >= 0.3 is 6.09 Å². The summed E-state index contributed by atoms with van der Waals surface area (Å²) in [5.74, 6) is -0.994. The number of nitro groups is 1. The van der Waals surface area contributed by atoms with Crippen LogP contribution < -0.4 is 0 Å². The van der Waals surface area contributed by atoms with Gasteiger partial charge in [0.1, 0.15) is 5.88 Å². The average Bonchev–Trinajstić information content (AvgIpc) is 2.32. The van der Waals surface area contributed by atoms with Crippen molar-refractivity contribution in [2.24, 2.45) is 5.16 Å². The average molecular weight is 280 g/mol. The highest BCUT2D eigenvalue weighted by Gasteiger charge is 2.29. The van der Waals surface area contributed by atoms with Crippen molar-refractivity contribution in [1.82, 2.24) is 4.90 Å². The van der Waals surface area contributed by atoms with E-state index in [9.17, 15) is 19.7 Å². The van der Waals surface area contributed by atoms with Gasteiger partial charge in [0.2, 0.25) is 11.4 Å². The molecular weight excluding hydrogens is 266 g/mol. The number of hydrogen-bond donors (Lipinski definition) is 0. The Bertz CT molecular complexity index is 369. The van der Waals surface area contributed by atoms with Crippen LogP contribution in [0.2, 0.25) is 0 Å². The lowest BCUT2D eigenvalue weighted by Crippen LogP contribution is -2.34. The van der Waals surface area contributed by atoms with Gasteiger partial charge in [0.05, 0.1) is 12.6 Å². The lowest BCUT2D eigenvalue weighted by Gasteiger charge is -2.12. The third kappa shape index (κ3) is 5.09. The number of carbonyl (C=O) groups is 2. The lowest BCUT2D eigenvalue weighted by atomic mass is 10.0. The summed E-state index contributed by atoms with van der Waals surface area (Å²) in [6.45, 7) is 2.81. The molecule has 0 saturated carbocycles. The first-order valence-corrected chi connectivity index (χ1v) is 5.45. The van der Waals surface area contributed by atoms with Crippen LogP contribution in [0.5, 0.6) is 0 Å². The van der Waals surface area contributed by atoms with Crippen LogP contribution in [0.15, 0.2) is 5.16 Å². The van der Waals surface area contributed by atoms with Crippen molar-refractivity contribution >= 4 is 29.8 Å². The summed E-state index contributed by atoms with van der Waals surface area (Å²) in [6, 6.07) is 0. The second-order valence-corrected chi connectivity index (χ2v) is 4.27. The fourth-order valence-corrected chi connectivity index (χ4v) is 0.850. The molecule has 0 heterocycles. The molecule has 0 spiro atoms. The molecule has 9 heteroatoms. The van der Waals surface area contributed by atoms with Gasteiger partial charge in [0, 0.05) is 25.8 Å². The van der Waals surface area contributed by atoms with Gasteiger partial charge in [-0.25, -0.2) is 9.69 Å². The Morgan fingerprint density at radius 1 is 1.56 bits per heavy atom. The van der Waals surface area contributed by atoms with E-state index in [1.807, 2.05) is 0 Å². The number of nitrogens with zero attached hydrogens (tertiary/aromatic N) is 3. The van der Waals surface area contributed by atoms with Crippen LogP contribution in [0.3, 0.4) is 0 Å². The van der Waals surface area contributed by atoms with Crippen molar-refractivity contribution in [2.45, 2.75) is 25.8 Å². The Morgan fingerprint density at radius 3 is 2.56 bits per heavy atom. The summed E-state index contributed by atoms with van der Waals surface area (Å²) < 4.78 is 0. The monoisotopic (exact) mass is 279 g/mol. The van der Waals surface area contributed by atoms with E-state index in [1.165, 1.54) is 20.9 Å². The minimum atomic E-state index is -1.20. The van der Waals surface area contributed by atoms with E-state index in [1.54, 1.807) is 0 Å². The van der Waals surface area contributed by atoms with Gasteiger partial charge in [-0.15, -0.1) is 11.6 Å². The molecule has 0 saturated heterocycles. The quantitative estimate of drug-likeness (QED) is 0.248. The molecule has 0 N–H and O–H groups in total. The van der Waals surface area contributed by atoms with Crippen molar-refractivity contribution in [2.75, 3.05) is 12.9 Å². The Labute approximate surface area is 109 Å². The summed E-state index contributed by atoms with van der Waals surface area (Å²) >= 11 is 5.23. The normalized spacial score (nSPS) is 11.3. The second-order valence-electron chi connectivity index (χ2n) is 4.01. The van der Waals surface area contributed by atoms with Gasteiger partial charge in [-0.05, 0) is 0 Å². The van der Waals surface area contributed by atoms with Gasteiger partial charge in [-0.2, -0.15) is 0 Å². The molecule has 0 atom stereocenters. The molecular formula is C9H14ClN3O5. The Kier molecular flexibility index (Phi) is 6.24. The molecule has 0 radical (unpaired) electrons. The van der Waals surface area contributed by atoms with Crippen molar-refractivity contribution in [1.29, 1.82) is 0 Å². The highest BCUT2D eigenvalue weighted by atomic mass is 35.5. The molecule has 0 aromatic heterocycles. The third-order valence-corrected chi connectivity index (χ3v) is 2.28. The molecule has 102 valence electrons. The van der Waals surface area contributed by atoms with E-state index in [4.69, 9.17) is 11.6 Å². The summed E-state index contributed by atoms with van der Waals surface area (Å²) in [6.07, 6.45) is 0.0796. The summed E-state index contributed by atoms with van der Waals surface area (Å²) in [4.78, 5) is 37.3. The molecule has 18 heavy (non-hydrogen) atoms. The fourth-order valence-electron chi connectivity index (χ4n) is 0.670. The summed E-state index contributed by atoms with van der Waals surface area (Å²) in [7, 11) is 1.18. The molecule has 0 aliphatic rings. The lowest BCUT2D eigenvalue weighted by molar-refractivity contribution is -0.558. The molecule has 0 aromatic rings. The molecule has 0 fully saturated rings. The van der Waals surface area contributed by atoms with E-state index >= 15 is 0 Å². The van der Waals surface area contributed by atoms with Crippen LogP contribution in [0.25, 0.3) is 0 Å². The van der Waals surface area contributed by atoms with Crippen molar-refractivity contribution < 1.29 is 19.3 Å². The number of carbonyl (C=O) groups excluding carboxylic acids is 2. The number of imide groups is 1. The van der Waals surface area contributed by atoms with Crippen LogP contribution in [0.1, 0.15) is 20.3 Å². The van der Waals surface area contributed by atoms with Crippen LogP contribution in [0.4, 0.5) is 4.79 Å². The largest absolute Gasteiger partial charge is 0.442 e. The topological polar surface area (TPSA) is 102 Å². The Balaban J connectivity index is 4.22. The molecule has 0 unspecified atom stereocenters. The van der Waals surface area contributed by atoms with E-state index in [2.05, 4.69) is 9.99 Å². The molecule has 8 nitrogen and oxygen atoms in total. The zero-order valence-corrected chi connectivity index (χ0v) is 11.0. The molecule has 2 amide bonds. The molecule has 0 bridgehead atoms. The maximum atomic E-state index is 11.2. The Morgan fingerprint density at radius 2 is 2.11 bits per heavy atom. The predicted molar refractivity (Wildman–Crippen MR) is 64.2 cm³/mol. The predicted octanol–water partition coefficient (Wildman–Crippen LogP) is 1.25. The van der Waals surface area contributed by atoms with E-state index in [-0.39, 0.29) is 12.3 Å². The zero-order valence-electron chi connectivity index (χ0n) is 10.3. The van der Waals surface area contributed by atoms with Crippen LogP contribution in [0, 0.1) is 10.1 Å². The van der Waals surface area contributed by atoms with Crippen LogP contribution in [-0.4, -0.2) is 46.5 Å². The zero-order chi connectivity index (χ0) is 14.3. The minimum Gasteiger partial charge on any atom is -0.298 e. The van der Waals surface area contributed by atoms with E-state index < -0.39 is 22.5 Å². The number of hydrogen-bond acceptors (Lipinski definition) is 6. The number of rotatable bonds is 5. The first kappa shape index (κ1) is 16.3. The maximum Gasteiger partial charge on any atom is 0.442 e. The van der Waals surface area contributed by atoms with Crippen molar-refractivity contribution in [3.63, 3.8) is 0 Å². The Hall–Kier alpha value is -1.70. The standard InChI is InChI=1S/C9H14ClN3O5/c1-9(2,13(16)17)4-5-11-18-8(15)12(3)7(14)6-10/h5H,4,6H2,1-3H3. The highest BCUT2D eigenvalue weighted by molar-refractivity contribution is 6.28. The number of halogens is 1. The van der Waals surface area contributed by atoms with E-state index in [0.29, 0.717) is 4.90 Å². The van der Waals surface area contributed by atoms with Gasteiger partial charge in [-0.1, -0.05) is 5.16 Å². The van der Waals surface area contributed by atoms with Gasteiger partial charge < -0.3 is 0 Å². The second kappa shape index (κ2) is 6.90. The summed E-state index contributed by atoms with van der Waals surface area (Å²) in [5.41, 5.74) is -1.20. The highest BCUT2D eigenvalue weighted by Crippen LogP contribution is 2.10. The molecule has 0 aliphatic carbocycles. The third-order valence-electron chi connectivity index (χ3n) is 2.05. The molecule has 0 aliphatic heterocycles. The van der Waals surface area contributed by atoms with Crippen LogP contribution >= 0.6 is 11.6 Å². The first-order chi connectivity index (χ1) is 8.22. The van der Waals surface area contributed by atoms with E-state index in [0.717, 1.165) is 6.21 Å². The molecule has 0 aromatic carbocycles. The number of oxime groups is 1. The SMILES string of the molecule is CN(C(=O)CCl)C(=O)ON=CCC(C)(C)[N+](=O)[O-]. The van der Waals surface area contributed by atoms with Crippen LogP contribution in [-0.2, 0) is 9.63 Å². The van der Waals surface area contributed by atoms with Gasteiger partial charge in [-0.3, -0.25) is 19.7 Å². The van der Waals surface area contributed by atoms with Gasteiger partial charge in [0.25, 0.3) is 0 Å². The molecule has 0 rings (SSSR count). The maximum absolute atomic E-state index is 11.2. The van der Waals surface area contributed by atoms with Gasteiger partial charge in [0.15, 0.2) is 0 Å². The number of amides is 2. The summed E-state index contributed by atoms with van der Waals surface area (Å²) in [5, 5.41) is 13.8. The number of alkyl halides is 1.